The van der Waals surface area contributed by atoms with Crippen LogP contribution < -0.4 is 10.1 Å². The molecule has 3 aromatic carbocycles. The number of benzene rings is 3. The number of nitrogens with zero attached hydrogens (tertiary/aromatic N) is 2. The quantitative estimate of drug-likeness (QED) is 0.432. The zero-order valence-electron chi connectivity index (χ0n) is 19.1. The molecule has 4 aromatic rings. The summed E-state index contributed by atoms with van der Waals surface area (Å²) in [6, 6.07) is 19.9. The number of carbonyl (C=O) groups excluding carboxylic acids is 2. The average Bonchev–Trinajstić information content (AvgIpc) is 3.17. The smallest absolute Gasteiger partial charge is 0.254 e. The molecule has 1 aliphatic heterocycles. The number of nitrogens with one attached hydrogen (secondary N) is 1. The highest BCUT2D eigenvalue weighted by atomic mass is 35.5. The van der Waals surface area contributed by atoms with E-state index in [1.54, 1.807) is 43.3 Å². The lowest BCUT2D eigenvalue weighted by atomic mass is 9.79. The van der Waals surface area contributed by atoms with Crippen LogP contribution in [0.15, 0.2) is 72.9 Å². The molecule has 0 aliphatic carbocycles. The highest BCUT2D eigenvalue weighted by Gasteiger charge is 2.43. The SMILES string of the molecule is COc1ccc(Cl)cc1NC(=O)[C@H]1c2ccccc2C(=O)N(C)[C@@H]1c1cn(C)c2ccccc12. The van der Waals surface area contributed by atoms with Crippen molar-refractivity contribution in [3.63, 3.8) is 0 Å². The molecule has 1 aromatic heterocycles. The summed E-state index contributed by atoms with van der Waals surface area (Å²) < 4.78 is 7.45. The van der Waals surface area contributed by atoms with E-state index in [2.05, 4.69) is 5.32 Å². The summed E-state index contributed by atoms with van der Waals surface area (Å²) in [4.78, 5) is 29.0. The predicted molar refractivity (Wildman–Crippen MR) is 134 cm³/mol. The number of hydrogen-bond acceptors (Lipinski definition) is 3. The van der Waals surface area contributed by atoms with Crippen molar-refractivity contribution in [2.24, 2.45) is 7.05 Å². The number of aromatic nitrogens is 1. The minimum absolute atomic E-state index is 0.113. The molecule has 34 heavy (non-hydrogen) atoms. The van der Waals surface area contributed by atoms with Crippen molar-refractivity contribution in [2.75, 3.05) is 19.5 Å². The van der Waals surface area contributed by atoms with Crippen molar-refractivity contribution in [3.05, 3.63) is 94.6 Å². The van der Waals surface area contributed by atoms with Gasteiger partial charge in [-0.3, -0.25) is 9.59 Å². The van der Waals surface area contributed by atoms with Gasteiger partial charge in [0.05, 0.1) is 24.8 Å². The van der Waals surface area contributed by atoms with Gasteiger partial charge in [0.15, 0.2) is 0 Å². The third kappa shape index (κ3) is 3.51. The topological polar surface area (TPSA) is 63.6 Å². The molecule has 0 bridgehead atoms. The van der Waals surface area contributed by atoms with E-state index >= 15 is 0 Å². The van der Waals surface area contributed by atoms with Gasteiger partial charge in [0, 0.05) is 47.3 Å². The molecule has 0 saturated heterocycles. The molecular weight excluding hydrogens is 450 g/mol. The molecule has 2 heterocycles. The first-order chi connectivity index (χ1) is 16.4. The molecule has 2 amide bonds. The van der Waals surface area contributed by atoms with Crippen molar-refractivity contribution in [1.82, 2.24) is 9.47 Å². The molecule has 7 heteroatoms. The summed E-state index contributed by atoms with van der Waals surface area (Å²) in [6.07, 6.45) is 2.01. The van der Waals surface area contributed by atoms with Crippen LogP contribution in [0.3, 0.4) is 0 Å². The van der Waals surface area contributed by atoms with Crippen LogP contribution in [0.5, 0.6) is 5.75 Å². The first-order valence-corrected chi connectivity index (χ1v) is 11.3. The Morgan fingerprint density at radius 1 is 1.00 bits per heavy atom. The fourth-order valence-corrected chi connectivity index (χ4v) is 5.11. The Morgan fingerprint density at radius 3 is 2.53 bits per heavy atom. The second-order valence-electron chi connectivity index (χ2n) is 8.47. The van der Waals surface area contributed by atoms with E-state index in [-0.39, 0.29) is 11.8 Å². The second kappa shape index (κ2) is 8.54. The Labute approximate surface area is 202 Å². The number of anilines is 1. The molecule has 2 atom stereocenters. The summed E-state index contributed by atoms with van der Waals surface area (Å²) in [7, 11) is 5.27. The number of halogens is 1. The molecular formula is C27H24ClN3O3. The maximum Gasteiger partial charge on any atom is 0.254 e. The van der Waals surface area contributed by atoms with E-state index in [4.69, 9.17) is 16.3 Å². The van der Waals surface area contributed by atoms with Crippen LogP contribution in [0, 0.1) is 0 Å². The van der Waals surface area contributed by atoms with Gasteiger partial charge in [0.25, 0.3) is 5.91 Å². The van der Waals surface area contributed by atoms with Crippen molar-refractivity contribution < 1.29 is 14.3 Å². The molecule has 0 fully saturated rings. The standard InChI is InChI=1S/C27H24ClN3O3/c1-30-15-20(17-8-6-7-11-22(17)30)25-24(18-9-4-5-10-19(18)27(33)31(25)2)26(32)29-21-14-16(28)12-13-23(21)34-3/h4-15,24-25H,1-3H3,(H,29,32)/t24-,25+/m0/s1. The third-order valence-electron chi connectivity index (χ3n) is 6.53. The number of methoxy groups -OCH3 is 1. The van der Waals surface area contributed by atoms with Gasteiger partial charge in [0.1, 0.15) is 5.75 Å². The zero-order valence-corrected chi connectivity index (χ0v) is 19.8. The van der Waals surface area contributed by atoms with Crippen LogP contribution >= 0.6 is 11.6 Å². The van der Waals surface area contributed by atoms with E-state index in [0.717, 1.165) is 16.5 Å². The van der Waals surface area contributed by atoms with Gasteiger partial charge >= 0.3 is 0 Å². The summed E-state index contributed by atoms with van der Waals surface area (Å²) >= 11 is 6.20. The van der Waals surface area contributed by atoms with Gasteiger partial charge in [-0.05, 0) is 35.9 Å². The fraction of sp³-hybridized carbons (Fsp3) is 0.185. The summed E-state index contributed by atoms with van der Waals surface area (Å²) in [6.45, 7) is 0. The van der Waals surface area contributed by atoms with Gasteiger partial charge in [0.2, 0.25) is 5.91 Å². The lowest BCUT2D eigenvalue weighted by molar-refractivity contribution is -0.119. The van der Waals surface area contributed by atoms with Crippen LogP contribution in [0.1, 0.15) is 33.4 Å². The molecule has 1 N–H and O–H groups in total. The van der Waals surface area contributed by atoms with E-state index in [1.807, 2.05) is 60.3 Å². The Bertz CT molecular complexity index is 1430. The third-order valence-corrected chi connectivity index (χ3v) is 6.76. The fourth-order valence-electron chi connectivity index (χ4n) is 4.94. The molecule has 172 valence electrons. The van der Waals surface area contributed by atoms with E-state index in [9.17, 15) is 9.59 Å². The first-order valence-electron chi connectivity index (χ1n) is 10.9. The van der Waals surface area contributed by atoms with Gasteiger partial charge in [-0.2, -0.15) is 0 Å². The summed E-state index contributed by atoms with van der Waals surface area (Å²) in [5, 5.41) is 4.50. The Kier molecular flexibility index (Phi) is 5.54. The van der Waals surface area contributed by atoms with Gasteiger partial charge in [-0.15, -0.1) is 0 Å². The predicted octanol–water partition coefficient (Wildman–Crippen LogP) is 5.39. The first kappa shape index (κ1) is 22.0. The molecule has 5 rings (SSSR count). The number of aryl methyl sites for hydroxylation is 1. The second-order valence-corrected chi connectivity index (χ2v) is 8.91. The minimum atomic E-state index is -0.645. The number of amides is 2. The zero-order chi connectivity index (χ0) is 24.0. The number of rotatable bonds is 4. The maximum atomic E-state index is 13.9. The van der Waals surface area contributed by atoms with Crippen LogP contribution in [0.2, 0.25) is 5.02 Å². The molecule has 0 saturated carbocycles. The Balaban J connectivity index is 1.68. The summed E-state index contributed by atoms with van der Waals surface area (Å²) in [5.74, 6) is -0.496. The largest absolute Gasteiger partial charge is 0.495 e. The molecule has 1 aliphatic rings. The summed E-state index contributed by atoms with van der Waals surface area (Å²) in [5.41, 5.74) is 3.66. The normalized spacial score (nSPS) is 17.5. The minimum Gasteiger partial charge on any atom is -0.495 e. The molecule has 6 nitrogen and oxygen atoms in total. The van der Waals surface area contributed by atoms with Crippen LogP contribution in [-0.2, 0) is 11.8 Å². The van der Waals surface area contributed by atoms with Gasteiger partial charge in [-0.25, -0.2) is 0 Å². The highest BCUT2D eigenvalue weighted by Crippen LogP contribution is 2.45. The van der Waals surface area contributed by atoms with Crippen molar-refractivity contribution in [3.8, 4) is 5.75 Å². The van der Waals surface area contributed by atoms with Crippen LogP contribution in [0.4, 0.5) is 5.69 Å². The lowest BCUT2D eigenvalue weighted by Gasteiger charge is -2.39. The number of hydrogen-bond donors (Lipinski definition) is 1. The van der Waals surface area contributed by atoms with Crippen LogP contribution in [0.25, 0.3) is 10.9 Å². The Hall–Kier alpha value is -3.77. The molecule has 0 spiro atoms. The van der Waals surface area contributed by atoms with Crippen molar-refractivity contribution >= 4 is 40.0 Å². The highest BCUT2D eigenvalue weighted by molar-refractivity contribution is 6.31. The number of likely N-dealkylation sites (N-methyl/N-ethyl adjacent to an activating group) is 1. The van der Waals surface area contributed by atoms with E-state index in [0.29, 0.717) is 27.6 Å². The molecule has 0 unspecified atom stereocenters. The lowest BCUT2D eigenvalue weighted by Crippen LogP contribution is -2.44. The average molecular weight is 474 g/mol. The number of para-hydroxylation sites is 1. The van der Waals surface area contributed by atoms with Gasteiger partial charge < -0.3 is 19.5 Å². The van der Waals surface area contributed by atoms with E-state index < -0.39 is 12.0 Å². The number of ether oxygens (including phenoxy) is 1. The molecule has 0 radical (unpaired) electrons. The monoisotopic (exact) mass is 473 g/mol. The number of fused-ring (bicyclic) bond motifs is 2. The van der Waals surface area contributed by atoms with Crippen molar-refractivity contribution in [1.29, 1.82) is 0 Å². The Morgan fingerprint density at radius 2 is 1.74 bits per heavy atom. The number of carbonyl (C=O) groups is 2. The van der Waals surface area contributed by atoms with Gasteiger partial charge in [-0.1, -0.05) is 48.0 Å². The van der Waals surface area contributed by atoms with E-state index in [1.165, 1.54) is 0 Å². The van der Waals surface area contributed by atoms with Crippen molar-refractivity contribution in [2.45, 2.75) is 12.0 Å². The maximum absolute atomic E-state index is 13.9. The van der Waals surface area contributed by atoms with Crippen LogP contribution in [-0.4, -0.2) is 35.4 Å².